The molecule has 0 bridgehead atoms. The first-order chi connectivity index (χ1) is 17.8. The molecule has 0 spiro atoms. The number of fused-ring (bicyclic) bond motifs is 1. The van der Waals surface area contributed by atoms with Gasteiger partial charge in [0.15, 0.2) is 0 Å². The molecule has 2 aromatic carbocycles. The summed E-state index contributed by atoms with van der Waals surface area (Å²) in [6.07, 6.45) is 5.95. The van der Waals surface area contributed by atoms with Crippen molar-refractivity contribution in [1.29, 1.82) is 5.26 Å². The van der Waals surface area contributed by atoms with E-state index >= 15 is 0 Å². The van der Waals surface area contributed by atoms with Gasteiger partial charge in [0.1, 0.15) is 17.7 Å². The molecule has 2 aliphatic rings. The van der Waals surface area contributed by atoms with E-state index in [1.54, 1.807) is 6.20 Å². The van der Waals surface area contributed by atoms with Crippen molar-refractivity contribution in [2.75, 3.05) is 18.4 Å². The molecule has 0 saturated carbocycles. The van der Waals surface area contributed by atoms with Crippen molar-refractivity contribution >= 4 is 5.82 Å². The van der Waals surface area contributed by atoms with Crippen LogP contribution in [-0.4, -0.2) is 43.6 Å². The van der Waals surface area contributed by atoms with Crippen LogP contribution in [0.4, 0.5) is 5.82 Å². The Balaban J connectivity index is 1.11. The minimum atomic E-state index is 0.206. The van der Waals surface area contributed by atoms with E-state index in [0.29, 0.717) is 6.04 Å². The summed E-state index contributed by atoms with van der Waals surface area (Å²) in [6, 6.07) is 23.8. The van der Waals surface area contributed by atoms with Gasteiger partial charge in [-0.2, -0.15) is 5.26 Å². The molecule has 180 valence electrons. The fourth-order valence-corrected chi connectivity index (χ4v) is 5.38. The Hall–Kier alpha value is -4.02. The zero-order valence-corrected chi connectivity index (χ0v) is 20.3. The van der Waals surface area contributed by atoms with Gasteiger partial charge in [0.2, 0.25) is 5.82 Å². The number of likely N-dealkylation sites (tertiary alicyclic amines) is 1. The van der Waals surface area contributed by atoms with Gasteiger partial charge in [0, 0.05) is 56.0 Å². The van der Waals surface area contributed by atoms with Crippen molar-refractivity contribution < 1.29 is 0 Å². The normalized spacial score (nSPS) is 16.0. The summed E-state index contributed by atoms with van der Waals surface area (Å²) in [5.41, 5.74) is 6.10. The zero-order chi connectivity index (χ0) is 24.3. The minimum absolute atomic E-state index is 0.206. The van der Waals surface area contributed by atoms with Gasteiger partial charge in [-0.3, -0.25) is 4.90 Å². The number of rotatable bonds is 6. The Labute approximate surface area is 211 Å². The number of anilines is 1. The first-order valence-electron chi connectivity index (χ1n) is 12.7. The lowest BCUT2D eigenvalue weighted by molar-refractivity contribution is 0.211. The topological polar surface area (TPSA) is 82.7 Å². The monoisotopic (exact) mass is 475 g/mol. The fourth-order valence-electron chi connectivity index (χ4n) is 5.38. The lowest BCUT2D eigenvalue weighted by Gasteiger charge is -2.32. The van der Waals surface area contributed by atoms with Crippen molar-refractivity contribution in [2.45, 2.75) is 44.8 Å². The Morgan fingerprint density at radius 3 is 2.50 bits per heavy atom. The number of imidazole rings is 1. The number of aromatic nitrogens is 4. The number of hydrogen-bond acceptors (Lipinski definition) is 6. The molecule has 7 heteroatoms. The molecule has 0 aliphatic carbocycles. The summed E-state index contributed by atoms with van der Waals surface area (Å²) in [5.74, 6) is 2.14. The summed E-state index contributed by atoms with van der Waals surface area (Å²) < 4.78 is 2.41. The molecule has 36 heavy (non-hydrogen) atoms. The largest absolute Gasteiger partial charge is 0.367 e. The Morgan fingerprint density at radius 1 is 0.917 bits per heavy atom. The molecule has 4 heterocycles. The van der Waals surface area contributed by atoms with Crippen molar-refractivity contribution in [3.8, 4) is 28.6 Å². The molecule has 0 radical (unpaired) electrons. The summed E-state index contributed by atoms with van der Waals surface area (Å²) >= 11 is 0. The quantitative estimate of drug-likeness (QED) is 0.427. The van der Waals surface area contributed by atoms with Crippen LogP contribution in [0.15, 0.2) is 66.9 Å². The fraction of sp³-hybridized carbons (Fsp3) is 0.310. The third kappa shape index (κ3) is 4.60. The van der Waals surface area contributed by atoms with Gasteiger partial charge in [0.25, 0.3) is 0 Å². The molecule has 2 aromatic heterocycles. The van der Waals surface area contributed by atoms with Gasteiger partial charge < -0.3 is 9.88 Å². The van der Waals surface area contributed by atoms with E-state index in [1.807, 2.05) is 12.1 Å². The van der Waals surface area contributed by atoms with E-state index in [4.69, 9.17) is 10.2 Å². The van der Waals surface area contributed by atoms with Crippen LogP contribution in [0, 0.1) is 11.3 Å². The third-order valence-electron chi connectivity index (χ3n) is 7.20. The molecule has 2 aliphatic heterocycles. The molecule has 0 unspecified atom stereocenters. The lowest BCUT2D eigenvalue weighted by Crippen LogP contribution is -2.38. The van der Waals surface area contributed by atoms with E-state index in [2.05, 4.69) is 79.3 Å². The zero-order valence-electron chi connectivity index (χ0n) is 20.3. The van der Waals surface area contributed by atoms with Crippen LogP contribution in [0.2, 0.25) is 0 Å². The summed E-state index contributed by atoms with van der Waals surface area (Å²) in [5, 5.41) is 12.5. The second-order valence-electron chi connectivity index (χ2n) is 9.62. The van der Waals surface area contributed by atoms with Crippen LogP contribution in [0.3, 0.4) is 0 Å². The average Bonchev–Trinajstić information content (AvgIpc) is 3.53. The molecule has 1 saturated heterocycles. The first-order valence-corrected chi connectivity index (χ1v) is 12.7. The molecular formula is C29H29N7. The number of benzene rings is 2. The van der Waals surface area contributed by atoms with Crippen LogP contribution in [0.25, 0.3) is 22.5 Å². The van der Waals surface area contributed by atoms with Gasteiger partial charge in [-0.25, -0.2) is 15.0 Å². The van der Waals surface area contributed by atoms with Gasteiger partial charge >= 0.3 is 0 Å². The van der Waals surface area contributed by atoms with E-state index in [0.717, 1.165) is 57.0 Å². The smallest absolute Gasteiger partial charge is 0.234 e. The van der Waals surface area contributed by atoms with E-state index in [-0.39, 0.29) is 5.82 Å². The van der Waals surface area contributed by atoms with Crippen molar-refractivity contribution in [1.82, 2.24) is 24.4 Å². The highest BCUT2D eigenvalue weighted by atomic mass is 15.2. The number of nitriles is 1. The number of piperidine rings is 1. The first kappa shape index (κ1) is 22.4. The van der Waals surface area contributed by atoms with Crippen molar-refractivity contribution in [3.05, 3.63) is 84.1 Å². The Bertz CT molecular complexity index is 1380. The third-order valence-corrected chi connectivity index (χ3v) is 7.20. The van der Waals surface area contributed by atoms with Crippen LogP contribution < -0.4 is 5.32 Å². The highest BCUT2D eigenvalue weighted by molar-refractivity contribution is 5.79. The maximum absolute atomic E-state index is 9.01. The van der Waals surface area contributed by atoms with Crippen LogP contribution >= 0.6 is 0 Å². The SMILES string of the molecule is N#Cc1nccc(NC2CCN(Cc3ccc(-c4c(-c5ccccc5)nc5n4CCC5)cc3)CC2)n1. The van der Waals surface area contributed by atoms with Gasteiger partial charge in [0.05, 0.1) is 11.4 Å². The van der Waals surface area contributed by atoms with Crippen LogP contribution in [-0.2, 0) is 19.5 Å². The standard InChI is InChI=1S/C29H29N7/c30-19-26-31-15-12-25(33-26)32-24-13-17-35(18-14-24)20-21-8-10-23(11-9-21)29-28(22-5-2-1-3-6-22)34-27-7-4-16-36(27)29/h1-3,5-6,8-12,15,24H,4,7,13-14,16-18,20H2,(H,31,32,33). The predicted molar refractivity (Wildman–Crippen MR) is 140 cm³/mol. The lowest BCUT2D eigenvalue weighted by atomic mass is 10.0. The molecule has 6 rings (SSSR count). The van der Waals surface area contributed by atoms with Crippen LogP contribution in [0.5, 0.6) is 0 Å². The predicted octanol–water partition coefficient (Wildman–Crippen LogP) is 4.90. The number of nitrogens with zero attached hydrogens (tertiary/aromatic N) is 6. The number of hydrogen-bond donors (Lipinski definition) is 1. The van der Waals surface area contributed by atoms with Crippen LogP contribution in [0.1, 0.15) is 36.5 Å². The molecule has 0 atom stereocenters. The minimum Gasteiger partial charge on any atom is -0.367 e. The van der Waals surface area contributed by atoms with Crippen molar-refractivity contribution in [3.63, 3.8) is 0 Å². The van der Waals surface area contributed by atoms with Gasteiger partial charge in [-0.05, 0) is 30.9 Å². The molecule has 1 N–H and O–H groups in total. The highest BCUT2D eigenvalue weighted by Crippen LogP contribution is 2.35. The molecular weight excluding hydrogens is 446 g/mol. The number of nitrogens with one attached hydrogen (secondary N) is 1. The average molecular weight is 476 g/mol. The highest BCUT2D eigenvalue weighted by Gasteiger charge is 2.23. The second-order valence-corrected chi connectivity index (χ2v) is 9.62. The summed E-state index contributed by atoms with van der Waals surface area (Å²) in [7, 11) is 0. The maximum atomic E-state index is 9.01. The number of aryl methyl sites for hydroxylation is 1. The second kappa shape index (κ2) is 9.92. The molecule has 0 amide bonds. The molecule has 4 aromatic rings. The van der Waals surface area contributed by atoms with Gasteiger partial charge in [-0.15, -0.1) is 0 Å². The van der Waals surface area contributed by atoms with Crippen molar-refractivity contribution in [2.24, 2.45) is 0 Å². The summed E-state index contributed by atoms with van der Waals surface area (Å²) in [4.78, 5) is 15.7. The molecule has 7 nitrogen and oxygen atoms in total. The van der Waals surface area contributed by atoms with Gasteiger partial charge in [-0.1, -0.05) is 54.6 Å². The molecule has 1 fully saturated rings. The maximum Gasteiger partial charge on any atom is 0.234 e. The Morgan fingerprint density at radius 2 is 1.72 bits per heavy atom. The van der Waals surface area contributed by atoms with E-state index < -0.39 is 0 Å². The summed E-state index contributed by atoms with van der Waals surface area (Å²) in [6.45, 7) is 4.06. The Kier molecular flexibility index (Phi) is 6.18. The van der Waals surface area contributed by atoms with E-state index in [9.17, 15) is 0 Å². The van der Waals surface area contributed by atoms with E-state index in [1.165, 1.54) is 34.6 Å².